The summed E-state index contributed by atoms with van der Waals surface area (Å²) in [5, 5.41) is 14.0. The molecule has 1 aromatic heterocycles. The molecule has 1 aromatic carbocycles. The maximum atomic E-state index is 12.2. The molecule has 3 nitrogen and oxygen atoms in total. The molecule has 0 aliphatic rings. The summed E-state index contributed by atoms with van der Waals surface area (Å²) in [4.78, 5) is 13.1. The van der Waals surface area contributed by atoms with Crippen LogP contribution in [-0.2, 0) is 4.79 Å². The van der Waals surface area contributed by atoms with Gasteiger partial charge in [-0.05, 0) is 42.5 Å². The molecule has 106 valence electrons. The maximum absolute atomic E-state index is 12.2. The Hall–Kier alpha value is -2.38. The van der Waals surface area contributed by atoms with E-state index in [1.807, 2.05) is 61.7 Å². The summed E-state index contributed by atoms with van der Waals surface area (Å²) in [6.45, 7) is 3.86. The van der Waals surface area contributed by atoms with Crippen LogP contribution in [0.15, 0.2) is 47.4 Å². The van der Waals surface area contributed by atoms with E-state index in [0.29, 0.717) is 0 Å². The fourth-order valence-electron chi connectivity index (χ4n) is 1.91. The number of hydrogen-bond donors (Lipinski definition) is 1. The summed E-state index contributed by atoms with van der Waals surface area (Å²) in [5.41, 5.74) is 2.20. The molecule has 0 aliphatic heterocycles. The lowest BCUT2D eigenvalue weighted by atomic mass is 10.1. The van der Waals surface area contributed by atoms with Gasteiger partial charge in [0.05, 0.1) is 6.04 Å². The summed E-state index contributed by atoms with van der Waals surface area (Å²) in [7, 11) is 0. The highest BCUT2D eigenvalue weighted by atomic mass is 32.1. The monoisotopic (exact) mass is 296 g/mol. The lowest BCUT2D eigenvalue weighted by molar-refractivity contribution is -0.117. The molecule has 21 heavy (non-hydrogen) atoms. The van der Waals surface area contributed by atoms with Crippen LogP contribution < -0.4 is 5.32 Å². The quantitative estimate of drug-likeness (QED) is 0.688. The number of thiophene rings is 1. The van der Waals surface area contributed by atoms with Gasteiger partial charge in [-0.25, -0.2) is 0 Å². The van der Waals surface area contributed by atoms with Gasteiger partial charge in [0, 0.05) is 4.88 Å². The number of carbonyl (C=O) groups is 1. The molecule has 0 radical (unpaired) electrons. The molecule has 0 unspecified atom stereocenters. The van der Waals surface area contributed by atoms with Crippen molar-refractivity contribution in [1.82, 2.24) is 5.32 Å². The fourth-order valence-corrected chi connectivity index (χ4v) is 2.77. The first-order valence-electron chi connectivity index (χ1n) is 6.63. The van der Waals surface area contributed by atoms with Crippen molar-refractivity contribution in [3.8, 4) is 6.07 Å². The molecule has 0 spiro atoms. The predicted octanol–water partition coefficient (Wildman–Crippen LogP) is 3.84. The van der Waals surface area contributed by atoms with E-state index in [0.717, 1.165) is 16.0 Å². The predicted molar refractivity (Wildman–Crippen MR) is 85.6 cm³/mol. The Morgan fingerprint density at radius 2 is 2.05 bits per heavy atom. The van der Waals surface area contributed by atoms with E-state index in [1.54, 1.807) is 6.08 Å². The molecule has 0 saturated carbocycles. The van der Waals surface area contributed by atoms with Crippen LogP contribution in [-0.4, -0.2) is 5.91 Å². The van der Waals surface area contributed by atoms with Crippen molar-refractivity contribution in [1.29, 1.82) is 5.26 Å². The Morgan fingerprint density at radius 1 is 1.33 bits per heavy atom. The topological polar surface area (TPSA) is 52.9 Å². The van der Waals surface area contributed by atoms with E-state index in [2.05, 4.69) is 5.32 Å². The largest absolute Gasteiger partial charge is 0.345 e. The van der Waals surface area contributed by atoms with Crippen molar-refractivity contribution < 1.29 is 4.79 Å². The minimum absolute atomic E-state index is 0.128. The van der Waals surface area contributed by atoms with Gasteiger partial charge in [-0.1, -0.05) is 30.3 Å². The van der Waals surface area contributed by atoms with Gasteiger partial charge in [0.2, 0.25) is 0 Å². The Bertz CT molecular complexity index is 695. The smallest absolute Gasteiger partial charge is 0.262 e. The minimum Gasteiger partial charge on any atom is -0.345 e. The van der Waals surface area contributed by atoms with Crippen LogP contribution in [0.3, 0.4) is 0 Å². The first kappa shape index (κ1) is 15.0. The number of benzene rings is 1. The lowest BCUT2D eigenvalue weighted by Crippen LogP contribution is -2.27. The molecule has 0 fully saturated rings. The molecular formula is C17H16N2OS. The number of nitriles is 1. The highest BCUT2D eigenvalue weighted by molar-refractivity contribution is 7.11. The zero-order valence-corrected chi connectivity index (χ0v) is 12.8. The number of aryl methyl sites for hydroxylation is 1. The third-order valence-corrected chi connectivity index (χ3v) is 4.16. The summed E-state index contributed by atoms with van der Waals surface area (Å²) in [6.07, 6.45) is 1.65. The molecule has 1 atom stereocenters. The Morgan fingerprint density at radius 3 is 2.62 bits per heavy atom. The normalized spacial score (nSPS) is 12.5. The van der Waals surface area contributed by atoms with E-state index >= 15 is 0 Å². The van der Waals surface area contributed by atoms with Crippen molar-refractivity contribution >= 4 is 23.3 Å². The van der Waals surface area contributed by atoms with Gasteiger partial charge < -0.3 is 5.32 Å². The molecule has 0 bridgehead atoms. The Kier molecular flexibility index (Phi) is 4.91. The van der Waals surface area contributed by atoms with Gasteiger partial charge in [0.25, 0.3) is 5.91 Å². The second-order valence-corrected chi connectivity index (χ2v) is 5.69. The van der Waals surface area contributed by atoms with Crippen molar-refractivity contribution in [3.63, 3.8) is 0 Å². The van der Waals surface area contributed by atoms with Crippen LogP contribution in [0.4, 0.5) is 0 Å². The van der Waals surface area contributed by atoms with E-state index in [4.69, 9.17) is 0 Å². The standard InChI is InChI=1S/C17H16N2OS/c1-12-8-9-21-16(12)10-15(11-18)17(20)19-13(2)14-6-4-3-5-7-14/h3-10,13H,1-2H3,(H,19,20)/b15-10-/t13-/m0/s1. The van der Waals surface area contributed by atoms with Crippen LogP contribution in [0.1, 0.15) is 29.0 Å². The van der Waals surface area contributed by atoms with Crippen LogP contribution >= 0.6 is 11.3 Å². The number of rotatable bonds is 4. The summed E-state index contributed by atoms with van der Waals surface area (Å²) < 4.78 is 0. The van der Waals surface area contributed by atoms with Gasteiger partial charge in [0.1, 0.15) is 11.6 Å². The van der Waals surface area contributed by atoms with Gasteiger partial charge in [-0.3, -0.25) is 4.79 Å². The first-order valence-corrected chi connectivity index (χ1v) is 7.51. The van der Waals surface area contributed by atoms with Gasteiger partial charge in [-0.15, -0.1) is 11.3 Å². The van der Waals surface area contributed by atoms with Crippen LogP contribution in [0.5, 0.6) is 0 Å². The molecular weight excluding hydrogens is 280 g/mol. The van der Waals surface area contributed by atoms with E-state index in [-0.39, 0.29) is 17.5 Å². The van der Waals surface area contributed by atoms with Crippen molar-refractivity contribution in [2.45, 2.75) is 19.9 Å². The van der Waals surface area contributed by atoms with Crippen LogP contribution in [0.25, 0.3) is 6.08 Å². The second-order valence-electron chi connectivity index (χ2n) is 4.74. The van der Waals surface area contributed by atoms with E-state index in [1.165, 1.54) is 11.3 Å². The van der Waals surface area contributed by atoms with Crippen molar-refractivity contribution in [2.24, 2.45) is 0 Å². The van der Waals surface area contributed by atoms with Crippen molar-refractivity contribution in [2.75, 3.05) is 0 Å². The third-order valence-electron chi connectivity index (χ3n) is 3.19. The Labute approximate surface area is 128 Å². The molecule has 4 heteroatoms. The SMILES string of the molecule is Cc1ccsc1/C=C(/C#N)C(=O)N[C@@H](C)c1ccccc1. The Balaban J connectivity index is 2.13. The van der Waals surface area contributed by atoms with E-state index < -0.39 is 0 Å². The number of carbonyl (C=O) groups excluding carboxylic acids is 1. The molecule has 0 saturated heterocycles. The number of nitrogens with zero attached hydrogens (tertiary/aromatic N) is 1. The number of hydrogen-bond acceptors (Lipinski definition) is 3. The number of nitrogens with one attached hydrogen (secondary N) is 1. The number of amides is 1. The third kappa shape index (κ3) is 3.80. The summed E-state index contributed by atoms with van der Waals surface area (Å²) in [6, 6.07) is 13.5. The second kappa shape index (κ2) is 6.87. The van der Waals surface area contributed by atoms with Gasteiger partial charge >= 0.3 is 0 Å². The van der Waals surface area contributed by atoms with Gasteiger partial charge in [0.15, 0.2) is 0 Å². The maximum Gasteiger partial charge on any atom is 0.262 e. The summed E-state index contributed by atoms with van der Waals surface area (Å²) >= 11 is 1.52. The molecule has 1 heterocycles. The average molecular weight is 296 g/mol. The molecule has 2 rings (SSSR count). The average Bonchev–Trinajstić information content (AvgIpc) is 2.90. The molecule has 2 aromatic rings. The van der Waals surface area contributed by atoms with Gasteiger partial charge in [-0.2, -0.15) is 5.26 Å². The lowest BCUT2D eigenvalue weighted by Gasteiger charge is -2.13. The van der Waals surface area contributed by atoms with Crippen LogP contribution in [0.2, 0.25) is 0 Å². The zero-order valence-electron chi connectivity index (χ0n) is 12.0. The molecule has 1 amide bonds. The minimum atomic E-state index is -0.346. The zero-order chi connectivity index (χ0) is 15.2. The van der Waals surface area contributed by atoms with Crippen molar-refractivity contribution in [3.05, 3.63) is 63.4 Å². The first-order chi connectivity index (χ1) is 10.1. The highest BCUT2D eigenvalue weighted by Crippen LogP contribution is 2.19. The fraction of sp³-hybridized carbons (Fsp3) is 0.176. The molecule has 1 N–H and O–H groups in total. The molecule has 0 aliphatic carbocycles. The van der Waals surface area contributed by atoms with E-state index in [9.17, 15) is 10.1 Å². The summed E-state index contributed by atoms with van der Waals surface area (Å²) in [5.74, 6) is -0.346. The van der Waals surface area contributed by atoms with Crippen LogP contribution in [0, 0.1) is 18.3 Å². The highest BCUT2D eigenvalue weighted by Gasteiger charge is 2.14.